The van der Waals surface area contributed by atoms with Gasteiger partial charge in [-0.2, -0.15) is 0 Å². The first kappa shape index (κ1) is 15.8. The van der Waals surface area contributed by atoms with Crippen molar-refractivity contribution in [1.29, 1.82) is 0 Å². The molecule has 0 amide bonds. The molecule has 0 N–H and O–H groups in total. The first-order valence-corrected chi connectivity index (χ1v) is 8.28. The van der Waals surface area contributed by atoms with Gasteiger partial charge in [0.15, 0.2) is 0 Å². The Morgan fingerprint density at radius 1 is 0.857 bits per heavy atom. The normalized spacial score (nSPS) is 23.6. The Hall–Kier alpha value is -1.56. The molecule has 0 atom stereocenters. The predicted molar refractivity (Wildman–Crippen MR) is 94.5 cm³/mol. The second-order valence-electron chi connectivity index (χ2n) is 6.21. The predicted octanol–water partition coefficient (Wildman–Crippen LogP) is 6.44. The zero-order valence-electron chi connectivity index (χ0n) is 13.9. The van der Waals surface area contributed by atoms with Crippen molar-refractivity contribution in [2.45, 2.75) is 58.8 Å². The van der Waals surface area contributed by atoms with Gasteiger partial charge in [0.2, 0.25) is 0 Å². The summed E-state index contributed by atoms with van der Waals surface area (Å²) in [5.74, 6) is 0. The van der Waals surface area contributed by atoms with Gasteiger partial charge in [0, 0.05) is 5.41 Å². The van der Waals surface area contributed by atoms with E-state index in [1.54, 1.807) is 0 Å². The maximum absolute atomic E-state index is 2.35. The molecule has 0 saturated heterocycles. The molecule has 21 heavy (non-hydrogen) atoms. The Morgan fingerprint density at radius 3 is 2.14 bits per heavy atom. The molecule has 0 bridgehead atoms. The van der Waals surface area contributed by atoms with Crippen molar-refractivity contribution in [3.05, 3.63) is 65.3 Å². The van der Waals surface area contributed by atoms with Gasteiger partial charge in [-0.05, 0) is 43.4 Å². The average molecular weight is 280 g/mol. The summed E-state index contributed by atoms with van der Waals surface area (Å²) in [5, 5.41) is 0. The van der Waals surface area contributed by atoms with E-state index >= 15 is 0 Å². The summed E-state index contributed by atoms with van der Waals surface area (Å²) in [5.41, 5.74) is 5.97. The van der Waals surface area contributed by atoms with Crippen molar-refractivity contribution in [1.82, 2.24) is 0 Å². The second kappa shape index (κ2) is 6.93. The van der Waals surface area contributed by atoms with E-state index in [1.807, 2.05) is 0 Å². The topological polar surface area (TPSA) is 0 Å². The minimum Gasteiger partial charge on any atom is -0.0653 e. The summed E-state index contributed by atoms with van der Waals surface area (Å²) in [6.07, 6.45) is 13.8. The van der Waals surface area contributed by atoms with E-state index in [-0.39, 0.29) is 5.41 Å². The highest BCUT2D eigenvalue weighted by molar-refractivity contribution is 5.70. The highest BCUT2D eigenvalue weighted by atomic mass is 14.4. The number of hydrogen-bond donors (Lipinski definition) is 0. The zero-order chi connectivity index (χ0) is 15.3. The lowest BCUT2D eigenvalue weighted by molar-refractivity contribution is 0.416. The number of rotatable bonds is 4. The fraction of sp³-hybridized carbons (Fsp3) is 0.429. The van der Waals surface area contributed by atoms with Crippen molar-refractivity contribution in [3.8, 4) is 0 Å². The molecule has 1 aliphatic carbocycles. The van der Waals surface area contributed by atoms with Crippen LogP contribution >= 0.6 is 0 Å². The van der Waals surface area contributed by atoms with E-state index < -0.39 is 0 Å². The molecule has 0 spiro atoms. The van der Waals surface area contributed by atoms with Crippen LogP contribution in [0.2, 0.25) is 0 Å². The van der Waals surface area contributed by atoms with Crippen LogP contribution in [0, 0.1) is 0 Å². The highest BCUT2D eigenvalue weighted by Crippen LogP contribution is 2.44. The molecule has 1 aromatic rings. The number of hydrogen-bond acceptors (Lipinski definition) is 0. The van der Waals surface area contributed by atoms with Crippen molar-refractivity contribution >= 4 is 5.57 Å². The molecule has 0 nitrogen and oxygen atoms in total. The van der Waals surface area contributed by atoms with Gasteiger partial charge < -0.3 is 0 Å². The molecule has 0 heteroatoms. The smallest absolute Gasteiger partial charge is 0.0168 e. The molecule has 0 aliphatic heterocycles. The summed E-state index contributed by atoms with van der Waals surface area (Å²) >= 11 is 0. The van der Waals surface area contributed by atoms with Gasteiger partial charge in [-0.25, -0.2) is 0 Å². The van der Waals surface area contributed by atoms with Gasteiger partial charge in [-0.15, -0.1) is 0 Å². The van der Waals surface area contributed by atoms with Crippen molar-refractivity contribution < 1.29 is 0 Å². The Kier molecular flexibility index (Phi) is 5.22. The second-order valence-corrected chi connectivity index (χ2v) is 6.21. The van der Waals surface area contributed by atoms with Crippen LogP contribution in [-0.2, 0) is 5.41 Å². The molecular weight excluding hydrogens is 252 g/mol. The fourth-order valence-electron chi connectivity index (χ4n) is 3.75. The van der Waals surface area contributed by atoms with E-state index in [4.69, 9.17) is 0 Å². The molecule has 0 aromatic heterocycles. The lowest BCUT2D eigenvalue weighted by Gasteiger charge is -2.37. The number of allylic oxidation sites excluding steroid dienone is 6. The van der Waals surface area contributed by atoms with E-state index in [2.05, 4.69) is 76.3 Å². The third-order valence-electron chi connectivity index (χ3n) is 4.78. The minimum atomic E-state index is 0.184. The zero-order valence-corrected chi connectivity index (χ0v) is 13.9. The van der Waals surface area contributed by atoms with Crippen LogP contribution < -0.4 is 0 Å². The van der Waals surface area contributed by atoms with Crippen LogP contribution in [0.3, 0.4) is 0 Å². The molecule has 1 aromatic carbocycles. The van der Waals surface area contributed by atoms with Gasteiger partial charge in [0.25, 0.3) is 0 Å². The summed E-state index contributed by atoms with van der Waals surface area (Å²) in [6.45, 7) is 9.15. The summed E-state index contributed by atoms with van der Waals surface area (Å²) in [4.78, 5) is 0. The first-order chi connectivity index (χ1) is 10.2. The van der Waals surface area contributed by atoms with Crippen molar-refractivity contribution in [3.63, 3.8) is 0 Å². The monoisotopic (exact) mass is 280 g/mol. The van der Waals surface area contributed by atoms with Crippen LogP contribution in [-0.4, -0.2) is 0 Å². The summed E-state index contributed by atoms with van der Waals surface area (Å²) < 4.78 is 0. The number of fused-ring (bicyclic) bond motifs is 1. The van der Waals surface area contributed by atoms with E-state index in [0.29, 0.717) is 0 Å². The Labute approximate surface area is 130 Å². The molecular formula is C21H28. The van der Waals surface area contributed by atoms with Gasteiger partial charge in [-0.3, -0.25) is 0 Å². The standard InChI is InChI=1S/C21H28/c1-5-15-21(16-6-2)18(4)12-8-7-11-17(3)19-13-9-10-14-20(19)21/h7-14H,5-6,15-16H2,1-4H3/b8-7-,17-11+,18-12+. The van der Waals surface area contributed by atoms with Crippen LogP contribution in [0.15, 0.2) is 54.1 Å². The van der Waals surface area contributed by atoms with Gasteiger partial charge in [0.1, 0.15) is 0 Å². The molecule has 0 unspecified atom stereocenters. The SMILES string of the molecule is CCCC1(CCC)/C(C)=C/C=C\C=C(/C)c2ccccc21. The molecule has 0 saturated carbocycles. The van der Waals surface area contributed by atoms with Crippen LogP contribution in [0.25, 0.3) is 5.57 Å². The van der Waals surface area contributed by atoms with Crippen molar-refractivity contribution in [2.75, 3.05) is 0 Å². The number of benzene rings is 1. The fourth-order valence-corrected chi connectivity index (χ4v) is 3.75. The first-order valence-electron chi connectivity index (χ1n) is 8.28. The Morgan fingerprint density at radius 2 is 1.48 bits per heavy atom. The van der Waals surface area contributed by atoms with Crippen LogP contribution in [0.4, 0.5) is 0 Å². The van der Waals surface area contributed by atoms with E-state index in [1.165, 1.54) is 48.0 Å². The van der Waals surface area contributed by atoms with Crippen molar-refractivity contribution in [2.24, 2.45) is 0 Å². The molecule has 0 radical (unpaired) electrons. The molecule has 0 fully saturated rings. The van der Waals surface area contributed by atoms with Gasteiger partial charge in [0.05, 0.1) is 0 Å². The third-order valence-corrected chi connectivity index (χ3v) is 4.78. The average Bonchev–Trinajstić information content (AvgIpc) is 2.54. The highest BCUT2D eigenvalue weighted by Gasteiger charge is 2.34. The van der Waals surface area contributed by atoms with Crippen LogP contribution in [0.1, 0.15) is 64.5 Å². The summed E-state index contributed by atoms with van der Waals surface area (Å²) in [7, 11) is 0. The Balaban J connectivity index is 2.75. The van der Waals surface area contributed by atoms with E-state index in [0.717, 1.165) is 0 Å². The molecule has 0 heterocycles. The maximum Gasteiger partial charge on any atom is 0.0168 e. The largest absolute Gasteiger partial charge is 0.0653 e. The maximum atomic E-state index is 2.35. The third kappa shape index (κ3) is 3.05. The lowest BCUT2D eigenvalue weighted by atomic mass is 9.66. The summed E-state index contributed by atoms with van der Waals surface area (Å²) in [6, 6.07) is 9.00. The molecule has 112 valence electrons. The van der Waals surface area contributed by atoms with Gasteiger partial charge >= 0.3 is 0 Å². The Bertz CT molecular complexity index is 563. The molecule has 2 rings (SSSR count). The van der Waals surface area contributed by atoms with Gasteiger partial charge in [-0.1, -0.05) is 80.8 Å². The quantitative estimate of drug-likeness (QED) is 0.595. The molecule has 1 aliphatic rings. The lowest BCUT2D eigenvalue weighted by Crippen LogP contribution is -2.29. The van der Waals surface area contributed by atoms with Crippen LogP contribution in [0.5, 0.6) is 0 Å². The van der Waals surface area contributed by atoms with E-state index in [9.17, 15) is 0 Å². The minimum absolute atomic E-state index is 0.184.